The lowest BCUT2D eigenvalue weighted by molar-refractivity contribution is 0.0672. The van der Waals surface area contributed by atoms with Gasteiger partial charge < -0.3 is 9.84 Å². The molecule has 1 aliphatic heterocycles. The average Bonchev–Trinajstić information content (AvgIpc) is 2.16. The monoisotopic (exact) mass is 202 g/mol. The van der Waals surface area contributed by atoms with Gasteiger partial charge in [-0.3, -0.25) is 9.80 Å². The smallest absolute Gasteiger partial charge is 0.0639 e. The van der Waals surface area contributed by atoms with Gasteiger partial charge in [0, 0.05) is 46.4 Å². The number of aliphatic hydroxyl groups excluding tert-OH is 1. The number of aliphatic hydroxyl groups is 1. The maximum absolute atomic E-state index is 9.24. The van der Waals surface area contributed by atoms with Crippen molar-refractivity contribution in [2.24, 2.45) is 0 Å². The predicted molar refractivity (Wildman–Crippen MR) is 56.4 cm³/mol. The minimum atomic E-state index is -0.208. The molecule has 0 aromatic rings. The molecule has 4 heteroatoms. The van der Waals surface area contributed by atoms with Crippen molar-refractivity contribution in [3.8, 4) is 0 Å². The molecule has 0 saturated carbocycles. The molecule has 1 fully saturated rings. The standard InChI is InChI=1S/C10H22N2O2/c1-10(13)9-12-5-3-11(4-6-12)7-8-14-2/h10,13H,3-9H2,1-2H3. The van der Waals surface area contributed by atoms with Crippen LogP contribution in [0.2, 0.25) is 0 Å². The Hall–Kier alpha value is -0.160. The molecular weight excluding hydrogens is 180 g/mol. The molecule has 0 bridgehead atoms. The van der Waals surface area contributed by atoms with Gasteiger partial charge in [-0.15, -0.1) is 0 Å². The largest absolute Gasteiger partial charge is 0.392 e. The van der Waals surface area contributed by atoms with E-state index in [4.69, 9.17) is 4.74 Å². The number of rotatable bonds is 5. The van der Waals surface area contributed by atoms with Gasteiger partial charge in [0.25, 0.3) is 0 Å². The SMILES string of the molecule is COCCN1CCN(CC(C)O)CC1. The van der Waals surface area contributed by atoms with Gasteiger partial charge in [-0.25, -0.2) is 0 Å². The first-order chi connectivity index (χ1) is 6.72. The molecular formula is C10H22N2O2. The summed E-state index contributed by atoms with van der Waals surface area (Å²) < 4.78 is 5.04. The molecule has 0 aliphatic carbocycles. The van der Waals surface area contributed by atoms with Crippen LogP contribution < -0.4 is 0 Å². The van der Waals surface area contributed by atoms with Crippen LogP contribution >= 0.6 is 0 Å². The molecule has 1 aliphatic rings. The van der Waals surface area contributed by atoms with Crippen molar-refractivity contribution in [3.63, 3.8) is 0 Å². The summed E-state index contributed by atoms with van der Waals surface area (Å²) in [6.45, 7) is 8.81. The summed E-state index contributed by atoms with van der Waals surface area (Å²) in [6.07, 6.45) is -0.208. The zero-order valence-corrected chi connectivity index (χ0v) is 9.28. The van der Waals surface area contributed by atoms with E-state index < -0.39 is 0 Å². The molecule has 1 unspecified atom stereocenters. The van der Waals surface area contributed by atoms with Crippen LogP contribution in [-0.4, -0.2) is 74.0 Å². The third kappa shape index (κ3) is 4.37. The normalized spacial score (nSPS) is 22.5. The number of nitrogens with zero attached hydrogens (tertiary/aromatic N) is 2. The molecule has 0 aromatic heterocycles. The zero-order chi connectivity index (χ0) is 10.4. The van der Waals surface area contributed by atoms with Crippen LogP contribution in [0, 0.1) is 0 Å². The van der Waals surface area contributed by atoms with Gasteiger partial charge in [0.2, 0.25) is 0 Å². The van der Waals surface area contributed by atoms with Crippen molar-refractivity contribution in [1.82, 2.24) is 9.80 Å². The van der Waals surface area contributed by atoms with E-state index in [1.807, 2.05) is 6.92 Å². The maximum Gasteiger partial charge on any atom is 0.0639 e. The molecule has 14 heavy (non-hydrogen) atoms. The number of hydrogen-bond donors (Lipinski definition) is 1. The summed E-state index contributed by atoms with van der Waals surface area (Å²) in [4.78, 5) is 4.72. The van der Waals surface area contributed by atoms with Crippen molar-refractivity contribution in [3.05, 3.63) is 0 Å². The van der Waals surface area contributed by atoms with Gasteiger partial charge in [0.15, 0.2) is 0 Å². The molecule has 0 aromatic carbocycles. The van der Waals surface area contributed by atoms with Gasteiger partial charge >= 0.3 is 0 Å². The average molecular weight is 202 g/mol. The number of methoxy groups -OCH3 is 1. The first kappa shape index (κ1) is 11.9. The molecule has 1 atom stereocenters. The summed E-state index contributed by atoms with van der Waals surface area (Å²) in [5.41, 5.74) is 0. The lowest BCUT2D eigenvalue weighted by Crippen LogP contribution is -2.48. The second-order valence-corrected chi connectivity index (χ2v) is 3.98. The van der Waals surface area contributed by atoms with Crippen LogP contribution in [0.25, 0.3) is 0 Å². The molecule has 0 amide bonds. The molecule has 4 nitrogen and oxygen atoms in total. The van der Waals surface area contributed by atoms with Crippen LogP contribution in [-0.2, 0) is 4.74 Å². The Kier molecular flexibility index (Phi) is 5.40. The van der Waals surface area contributed by atoms with E-state index in [1.54, 1.807) is 7.11 Å². The summed E-state index contributed by atoms with van der Waals surface area (Å²) >= 11 is 0. The molecule has 84 valence electrons. The number of ether oxygens (including phenoxy) is 1. The van der Waals surface area contributed by atoms with Crippen LogP contribution in [0.15, 0.2) is 0 Å². The molecule has 1 saturated heterocycles. The number of β-amino-alcohol motifs (C(OH)–C–C–N with tert-alkyl or cyclic N) is 1. The highest BCUT2D eigenvalue weighted by molar-refractivity contribution is 4.72. The minimum absolute atomic E-state index is 0.208. The second-order valence-electron chi connectivity index (χ2n) is 3.98. The van der Waals surface area contributed by atoms with Gasteiger partial charge in [-0.05, 0) is 6.92 Å². The lowest BCUT2D eigenvalue weighted by atomic mass is 10.3. The van der Waals surface area contributed by atoms with E-state index in [-0.39, 0.29) is 6.10 Å². The van der Waals surface area contributed by atoms with Gasteiger partial charge in [-0.1, -0.05) is 0 Å². The van der Waals surface area contributed by atoms with Crippen LogP contribution in [0.5, 0.6) is 0 Å². The summed E-state index contributed by atoms with van der Waals surface area (Å²) in [7, 11) is 1.74. The zero-order valence-electron chi connectivity index (χ0n) is 9.28. The van der Waals surface area contributed by atoms with Gasteiger partial charge in [0.1, 0.15) is 0 Å². The first-order valence-electron chi connectivity index (χ1n) is 5.34. The lowest BCUT2D eigenvalue weighted by Gasteiger charge is -2.35. The Morgan fingerprint density at radius 1 is 1.21 bits per heavy atom. The molecule has 1 heterocycles. The van der Waals surface area contributed by atoms with Crippen molar-refractivity contribution >= 4 is 0 Å². The van der Waals surface area contributed by atoms with Crippen molar-refractivity contribution < 1.29 is 9.84 Å². The Morgan fingerprint density at radius 3 is 2.29 bits per heavy atom. The second kappa shape index (κ2) is 6.35. The van der Waals surface area contributed by atoms with Gasteiger partial charge in [0.05, 0.1) is 12.7 Å². The van der Waals surface area contributed by atoms with E-state index in [2.05, 4.69) is 9.80 Å². The Labute approximate surface area is 86.4 Å². The topological polar surface area (TPSA) is 35.9 Å². The predicted octanol–water partition coefficient (Wildman–Crippen LogP) is -0.369. The minimum Gasteiger partial charge on any atom is -0.392 e. The van der Waals surface area contributed by atoms with Crippen LogP contribution in [0.1, 0.15) is 6.92 Å². The van der Waals surface area contributed by atoms with Crippen molar-refractivity contribution in [2.75, 3.05) is 53.0 Å². The van der Waals surface area contributed by atoms with Crippen molar-refractivity contribution in [2.45, 2.75) is 13.0 Å². The highest BCUT2D eigenvalue weighted by atomic mass is 16.5. The fourth-order valence-corrected chi connectivity index (χ4v) is 1.79. The van der Waals surface area contributed by atoms with Crippen LogP contribution in [0.3, 0.4) is 0 Å². The Bertz CT molecular complexity index is 145. The van der Waals surface area contributed by atoms with E-state index in [0.717, 1.165) is 45.9 Å². The highest BCUT2D eigenvalue weighted by Gasteiger charge is 2.16. The maximum atomic E-state index is 9.24. The van der Waals surface area contributed by atoms with Crippen molar-refractivity contribution in [1.29, 1.82) is 0 Å². The van der Waals surface area contributed by atoms with E-state index in [1.165, 1.54) is 0 Å². The first-order valence-corrected chi connectivity index (χ1v) is 5.34. The third-order valence-electron chi connectivity index (χ3n) is 2.60. The molecule has 1 N–H and O–H groups in total. The summed E-state index contributed by atoms with van der Waals surface area (Å²) in [6, 6.07) is 0. The third-order valence-corrected chi connectivity index (χ3v) is 2.60. The Balaban J connectivity index is 2.11. The van der Waals surface area contributed by atoms with E-state index in [0.29, 0.717) is 0 Å². The number of hydrogen-bond acceptors (Lipinski definition) is 4. The van der Waals surface area contributed by atoms with E-state index >= 15 is 0 Å². The molecule has 0 spiro atoms. The number of piperazine rings is 1. The molecule has 1 rings (SSSR count). The van der Waals surface area contributed by atoms with Gasteiger partial charge in [-0.2, -0.15) is 0 Å². The highest BCUT2D eigenvalue weighted by Crippen LogP contribution is 2.02. The quantitative estimate of drug-likeness (QED) is 0.660. The fraction of sp³-hybridized carbons (Fsp3) is 1.00. The van der Waals surface area contributed by atoms with Crippen LogP contribution in [0.4, 0.5) is 0 Å². The van der Waals surface area contributed by atoms with E-state index in [9.17, 15) is 5.11 Å². The Morgan fingerprint density at radius 2 is 1.79 bits per heavy atom. The summed E-state index contributed by atoms with van der Waals surface area (Å²) in [5, 5.41) is 9.24. The summed E-state index contributed by atoms with van der Waals surface area (Å²) in [5.74, 6) is 0. The molecule has 0 radical (unpaired) electrons. The fourth-order valence-electron chi connectivity index (χ4n) is 1.79.